The molecular weight excluding hydrogens is 292 g/mol. The van der Waals surface area contributed by atoms with Gasteiger partial charge < -0.3 is 10.2 Å². The number of benzene rings is 1. The van der Waals surface area contributed by atoms with Crippen LogP contribution >= 0.6 is 23.4 Å². The Morgan fingerprint density at radius 3 is 2.65 bits per heavy atom. The van der Waals surface area contributed by atoms with E-state index in [1.807, 2.05) is 30.0 Å². The van der Waals surface area contributed by atoms with E-state index in [2.05, 4.69) is 17.3 Å². The summed E-state index contributed by atoms with van der Waals surface area (Å²) in [7, 11) is 2.26. The molecule has 2 bridgehead atoms. The molecule has 0 saturated carbocycles. The van der Waals surface area contributed by atoms with Crippen molar-refractivity contribution < 1.29 is 4.79 Å². The quantitative estimate of drug-likeness (QED) is 0.862. The van der Waals surface area contributed by atoms with E-state index in [1.165, 1.54) is 25.7 Å². The van der Waals surface area contributed by atoms with E-state index >= 15 is 0 Å². The van der Waals surface area contributed by atoms with Gasteiger partial charge in [0.05, 0.1) is 5.02 Å². The van der Waals surface area contributed by atoms with Crippen molar-refractivity contribution in [2.45, 2.75) is 47.9 Å². The van der Waals surface area contributed by atoms with Crippen molar-refractivity contribution in [3.8, 4) is 0 Å². The fourth-order valence-electron chi connectivity index (χ4n) is 3.39. The largest absolute Gasteiger partial charge is 0.329 e. The number of carbonyl (C=O) groups is 1. The Balaban J connectivity index is 1.68. The molecule has 0 aromatic heterocycles. The van der Waals surface area contributed by atoms with Crippen LogP contribution in [0.4, 0.5) is 5.69 Å². The van der Waals surface area contributed by atoms with Gasteiger partial charge in [0.1, 0.15) is 0 Å². The van der Waals surface area contributed by atoms with E-state index in [0.717, 1.165) is 27.7 Å². The van der Waals surface area contributed by atoms with Crippen LogP contribution in [-0.2, 0) is 4.79 Å². The van der Waals surface area contributed by atoms with Gasteiger partial charge in [0.25, 0.3) is 0 Å². The highest BCUT2D eigenvalue weighted by molar-refractivity contribution is 8.00. The summed E-state index contributed by atoms with van der Waals surface area (Å²) in [5.74, 6) is 0. The van der Waals surface area contributed by atoms with E-state index in [-0.39, 0.29) is 0 Å². The third-order valence-corrected chi connectivity index (χ3v) is 6.26. The number of carbonyl (C=O) groups excluding carboxylic acids is 1. The second-order valence-electron chi connectivity index (χ2n) is 5.67. The van der Waals surface area contributed by atoms with Gasteiger partial charge in [-0.05, 0) is 50.9 Å². The van der Waals surface area contributed by atoms with Gasteiger partial charge in [-0.25, -0.2) is 0 Å². The predicted octanol–water partition coefficient (Wildman–Crippen LogP) is 3.63. The zero-order valence-corrected chi connectivity index (χ0v) is 13.1. The van der Waals surface area contributed by atoms with Crippen molar-refractivity contribution in [2.24, 2.45) is 0 Å². The Morgan fingerprint density at radius 1 is 1.35 bits per heavy atom. The fraction of sp³-hybridized carbons (Fsp3) is 0.533. The summed E-state index contributed by atoms with van der Waals surface area (Å²) < 4.78 is 0. The van der Waals surface area contributed by atoms with Gasteiger partial charge >= 0.3 is 0 Å². The van der Waals surface area contributed by atoms with E-state index in [9.17, 15) is 4.79 Å². The first kappa shape index (κ1) is 14.2. The van der Waals surface area contributed by atoms with Crippen LogP contribution in [0.1, 0.15) is 25.7 Å². The highest BCUT2D eigenvalue weighted by atomic mass is 35.5. The van der Waals surface area contributed by atoms with Crippen LogP contribution in [0.25, 0.3) is 0 Å². The zero-order chi connectivity index (χ0) is 14.1. The van der Waals surface area contributed by atoms with Crippen molar-refractivity contribution in [2.75, 3.05) is 12.4 Å². The zero-order valence-electron chi connectivity index (χ0n) is 11.5. The Labute approximate surface area is 129 Å². The van der Waals surface area contributed by atoms with Crippen molar-refractivity contribution in [1.29, 1.82) is 0 Å². The Morgan fingerprint density at radius 2 is 2.05 bits per heavy atom. The van der Waals surface area contributed by atoms with E-state index in [1.54, 1.807) is 0 Å². The van der Waals surface area contributed by atoms with Crippen molar-refractivity contribution in [3.63, 3.8) is 0 Å². The molecule has 0 unspecified atom stereocenters. The molecule has 2 heterocycles. The van der Waals surface area contributed by atoms with E-state index in [0.29, 0.717) is 11.7 Å². The second kappa shape index (κ2) is 5.96. The monoisotopic (exact) mass is 310 g/mol. The average Bonchev–Trinajstić information content (AvgIpc) is 2.64. The minimum Gasteiger partial charge on any atom is -0.329 e. The summed E-state index contributed by atoms with van der Waals surface area (Å²) in [5.41, 5.74) is 0.748. The van der Waals surface area contributed by atoms with Crippen LogP contribution < -0.4 is 5.32 Å². The van der Waals surface area contributed by atoms with Gasteiger partial charge in [-0.2, -0.15) is 0 Å². The van der Waals surface area contributed by atoms with Crippen molar-refractivity contribution in [3.05, 3.63) is 23.2 Å². The predicted molar refractivity (Wildman–Crippen MR) is 84.6 cm³/mol. The van der Waals surface area contributed by atoms with Gasteiger partial charge in [-0.1, -0.05) is 11.6 Å². The number of anilines is 1. The van der Waals surface area contributed by atoms with E-state index in [4.69, 9.17) is 11.6 Å². The molecule has 2 aliphatic rings. The molecular formula is C15H19ClN2OS. The Hall–Kier alpha value is -0.710. The molecule has 2 fully saturated rings. The first-order valence-corrected chi connectivity index (χ1v) is 8.31. The number of thioether (sulfide) groups is 1. The van der Waals surface area contributed by atoms with Gasteiger partial charge in [0.2, 0.25) is 6.41 Å². The summed E-state index contributed by atoms with van der Waals surface area (Å²) in [5, 5.41) is 4.02. The lowest BCUT2D eigenvalue weighted by Crippen LogP contribution is -2.40. The molecule has 108 valence electrons. The number of fused-ring (bicyclic) bond motifs is 2. The third kappa shape index (κ3) is 2.83. The maximum absolute atomic E-state index is 10.4. The summed E-state index contributed by atoms with van der Waals surface area (Å²) in [6.07, 6.45) is 5.86. The fourth-order valence-corrected chi connectivity index (χ4v) is 5.02. The smallest absolute Gasteiger partial charge is 0.211 e. The van der Waals surface area contributed by atoms with Crippen LogP contribution in [0, 0.1) is 0 Å². The molecule has 1 N–H and O–H groups in total. The lowest BCUT2D eigenvalue weighted by Gasteiger charge is -2.36. The van der Waals surface area contributed by atoms with Crippen molar-refractivity contribution in [1.82, 2.24) is 4.90 Å². The molecule has 0 aliphatic carbocycles. The number of hydrogen-bond acceptors (Lipinski definition) is 3. The van der Waals surface area contributed by atoms with Crippen LogP contribution in [0.5, 0.6) is 0 Å². The number of rotatable bonds is 4. The first-order valence-electron chi connectivity index (χ1n) is 7.05. The van der Waals surface area contributed by atoms with Crippen LogP contribution in [0.3, 0.4) is 0 Å². The Kier molecular flexibility index (Phi) is 4.24. The molecule has 3 atom stereocenters. The van der Waals surface area contributed by atoms with Gasteiger partial charge in [-0.15, -0.1) is 11.8 Å². The van der Waals surface area contributed by atoms with Crippen LogP contribution in [0.2, 0.25) is 5.02 Å². The molecule has 1 amide bonds. The summed E-state index contributed by atoms with van der Waals surface area (Å²) >= 11 is 8.21. The van der Waals surface area contributed by atoms with E-state index < -0.39 is 0 Å². The maximum atomic E-state index is 10.4. The van der Waals surface area contributed by atoms with Crippen molar-refractivity contribution >= 4 is 35.5 Å². The highest BCUT2D eigenvalue weighted by Crippen LogP contribution is 2.43. The van der Waals surface area contributed by atoms with Gasteiger partial charge in [0, 0.05) is 27.9 Å². The average molecular weight is 311 g/mol. The van der Waals surface area contributed by atoms with Crippen LogP contribution in [0.15, 0.2) is 23.1 Å². The maximum Gasteiger partial charge on any atom is 0.211 e. The SMILES string of the molecule is CN1[C@@H]2CC[C@H]1C[C@H](Sc1ccc(NC=O)cc1Cl)C2. The molecule has 0 spiro atoms. The standard InChI is InChI=1S/C15H19ClN2OS/c1-18-11-3-4-12(18)8-13(7-11)20-15-5-2-10(17-9-19)6-14(15)16/h2,5-6,9,11-13H,3-4,7-8H2,1H3,(H,17,19)/t11-,12+,13-. The number of nitrogens with one attached hydrogen (secondary N) is 1. The number of halogens is 1. The normalized spacial score (nSPS) is 29.4. The number of amides is 1. The summed E-state index contributed by atoms with van der Waals surface area (Å²) in [6.45, 7) is 0. The molecule has 2 aliphatic heterocycles. The van der Waals surface area contributed by atoms with Gasteiger partial charge in [-0.3, -0.25) is 4.79 Å². The summed E-state index contributed by atoms with van der Waals surface area (Å²) in [6, 6.07) is 7.25. The minimum atomic E-state index is 0.658. The topological polar surface area (TPSA) is 32.3 Å². The molecule has 3 nitrogen and oxygen atoms in total. The second-order valence-corrected chi connectivity index (χ2v) is 7.42. The molecule has 0 radical (unpaired) electrons. The highest BCUT2D eigenvalue weighted by Gasteiger charge is 2.38. The Bertz CT molecular complexity index is 497. The molecule has 5 heteroatoms. The molecule has 20 heavy (non-hydrogen) atoms. The molecule has 2 saturated heterocycles. The third-order valence-electron chi connectivity index (χ3n) is 4.51. The lowest BCUT2D eigenvalue weighted by atomic mass is 10.0. The number of hydrogen-bond donors (Lipinski definition) is 1. The lowest BCUT2D eigenvalue weighted by molar-refractivity contribution is -0.105. The summed E-state index contributed by atoms with van der Waals surface area (Å²) in [4.78, 5) is 14.1. The number of nitrogens with zero attached hydrogens (tertiary/aromatic N) is 1. The minimum absolute atomic E-state index is 0.658. The number of piperidine rings is 1. The molecule has 1 aromatic carbocycles. The van der Waals surface area contributed by atoms with Gasteiger partial charge in [0.15, 0.2) is 0 Å². The molecule has 1 aromatic rings. The first-order chi connectivity index (χ1) is 9.67. The molecule has 3 rings (SSSR count). The van der Waals surface area contributed by atoms with Crippen LogP contribution in [-0.4, -0.2) is 35.7 Å².